The Kier molecular flexibility index (Phi) is 6.45. The van der Waals surface area contributed by atoms with E-state index in [4.69, 9.17) is 16.3 Å². The molecule has 0 aliphatic rings. The Morgan fingerprint density at radius 3 is 2.61 bits per heavy atom. The molecule has 0 aliphatic carbocycles. The van der Waals surface area contributed by atoms with Crippen LogP contribution in [0.1, 0.15) is 23.8 Å². The molecule has 3 aromatic rings. The van der Waals surface area contributed by atoms with Gasteiger partial charge in [0.05, 0.1) is 12.8 Å². The summed E-state index contributed by atoms with van der Waals surface area (Å²) in [6.45, 7) is 2.57. The molecule has 0 radical (unpaired) electrons. The number of ether oxygens (including phenoxy) is 1. The summed E-state index contributed by atoms with van der Waals surface area (Å²) in [4.78, 5) is 21.5. The average Bonchev–Trinajstić information content (AvgIpc) is 2.72. The van der Waals surface area contributed by atoms with Crippen molar-refractivity contribution in [3.05, 3.63) is 65.3 Å². The zero-order chi connectivity index (χ0) is 19.9. The zero-order valence-corrected chi connectivity index (χ0v) is 16.5. The lowest BCUT2D eigenvalue weighted by atomic mass is 10.2. The minimum Gasteiger partial charge on any atom is -0.495 e. The number of anilines is 2. The zero-order valence-electron chi connectivity index (χ0n) is 15.7. The number of hydrogen-bond acceptors (Lipinski definition) is 5. The maximum absolute atomic E-state index is 12.5. The number of benzene rings is 2. The van der Waals surface area contributed by atoms with Gasteiger partial charge in [-0.25, -0.2) is 9.97 Å². The van der Waals surface area contributed by atoms with E-state index in [2.05, 4.69) is 20.6 Å². The first-order valence-corrected chi connectivity index (χ1v) is 9.31. The molecule has 0 spiro atoms. The fourth-order valence-electron chi connectivity index (χ4n) is 2.59. The van der Waals surface area contributed by atoms with E-state index < -0.39 is 0 Å². The first-order valence-electron chi connectivity index (χ1n) is 8.94. The normalized spacial score (nSPS) is 10.4. The van der Waals surface area contributed by atoms with Crippen LogP contribution in [-0.2, 0) is 0 Å². The van der Waals surface area contributed by atoms with Gasteiger partial charge in [-0.3, -0.25) is 4.79 Å². The van der Waals surface area contributed by atoms with Crippen LogP contribution < -0.4 is 15.4 Å². The Morgan fingerprint density at radius 2 is 1.89 bits per heavy atom. The highest BCUT2D eigenvalue weighted by molar-refractivity contribution is 6.31. The molecule has 6 nitrogen and oxygen atoms in total. The Morgan fingerprint density at radius 1 is 1.11 bits per heavy atom. The Bertz CT molecular complexity index is 964. The summed E-state index contributed by atoms with van der Waals surface area (Å²) in [6.07, 6.45) is 0.840. The fourth-order valence-corrected chi connectivity index (χ4v) is 2.76. The molecule has 2 aromatic carbocycles. The second-order valence-electron chi connectivity index (χ2n) is 6.05. The number of rotatable bonds is 7. The molecule has 28 heavy (non-hydrogen) atoms. The smallest absolute Gasteiger partial charge is 0.270 e. The number of methoxy groups -OCH3 is 1. The molecule has 0 atom stereocenters. The van der Waals surface area contributed by atoms with Gasteiger partial charge in [0.25, 0.3) is 5.91 Å². The third-order valence-corrected chi connectivity index (χ3v) is 4.19. The lowest BCUT2D eigenvalue weighted by Crippen LogP contribution is -2.25. The average molecular weight is 397 g/mol. The largest absolute Gasteiger partial charge is 0.495 e. The molecule has 7 heteroatoms. The van der Waals surface area contributed by atoms with E-state index >= 15 is 0 Å². The van der Waals surface area contributed by atoms with Crippen molar-refractivity contribution in [1.29, 1.82) is 0 Å². The Labute approximate surface area is 168 Å². The predicted octanol–water partition coefficient (Wildman–Crippen LogP) is 4.69. The summed E-state index contributed by atoms with van der Waals surface area (Å²) in [6, 6.07) is 16.4. The topological polar surface area (TPSA) is 76.1 Å². The van der Waals surface area contributed by atoms with E-state index in [0.29, 0.717) is 34.6 Å². The number of carbonyl (C=O) groups excluding carboxylic acids is 1. The molecule has 2 N–H and O–H groups in total. The molecule has 1 amide bonds. The monoisotopic (exact) mass is 396 g/mol. The van der Waals surface area contributed by atoms with E-state index in [0.717, 1.165) is 12.0 Å². The molecule has 0 unspecified atom stereocenters. The highest BCUT2D eigenvalue weighted by Crippen LogP contribution is 2.30. The number of hydrogen-bond donors (Lipinski definition) is 2. The number of amides is 1. The third-order valence-electron chi connectivity index (χ3n) is 3.95. The van der Waals surface area contributed by atoms with Gasteiger partial charge in [0.1, 0.15) is 17.3 Å². The lowest BCUT2D eigenvalue weighted by molar-refractivity contribution is 0.0948. The van der Waals surface area contributed by atoms with Crippen LogP contribution in [0.25, 0.3) is 11.4 Å². The quantitative estimate of drug-likeness (QED) is 0.606. The second-order valence-corrected chi connectivity index (χ2v) is 6.49. The van der Waals surface area contributed by atoms with Gasteiger partial charge >= 0.3 is 0 Å². The van der Waals surface area contributed by atoms with E-state index in [9.17, 15) is 4.79 Å². The van der Waals surface area contributed by atoms with Crippen LogP contribution in [0.3, 0.4) is 0 Å². The molecule has 0 saturated heterocycles. The summed E-state index contributed by atoms with van der Waals surface area (Å²) in [5, 5.41) is 6.59. The molecule has 1 aromatic heterocycles. The second kappa shape index (κ2) is 9.19. The van der Waals surface area contributed by atoms with Gasteiger partial charge < -0.3 is 15.4 Å². The standard InChI is InChI=1S/C21H21ClN4O2/c1-3-11-23-21(27)17-13-19(24-16-12-15(22)9-10-18(16)28-2)26-20(25-17)14-7-5-4-6-8-14/h4-10,12-13H,3,11H2,1-2H3,(H,23,27)(H,24,25,26). The van der Waals surface area contributed by atoms with Crippen LogP contribution in [0.2, 0.25) is 5.02 Å². The predicted molar refractivity (Wildman–Crippen MR) is 111 cm³/mol. The van der Waals surface area contributed by atoms with Gasteiger partial charge in [0.15, 0.2) is 5.82 Å². The van der Waals surface area contributed by atoms with Crippen molar-refractivity contribution in [2.75, 3.05) is 19.0 Å². The summed E-state index contributed by atoms with van der Waals surface area (Å²) in [7, 11) is 1.58. The van der Waals surface area contributed by atoms with Crippen LogP contribution in [0.15, 0.2) is 54.6 Å². The van der Waals surface area contributed by atoms with Gasteiger partial charge in [-0.15, -0.1) is 0 Å². The van der Waals surface area contributed by atoms with Crippen LogP contribution in [0.4, 0.5) is 11.5 Å². The first-order chi connectivity index (χ1) is 13.6. The SMILES string of the molecule is CCCNC(=O)c1cc(Nc2cc(Cl)ccc2OC)nc(-c2ccccc2)n1. The highest BCUT2D eigenvalue weighted by atomic mass is 35.5. The number of nitrogens with one attached hydrogen (secondary N) is 2. The maximum atomic E-state index is 12.5. The van der Waals surface area contributed by atoms with Crippen molar-refractivity contribution in [2.24, 2.45) is 0 Å². The molecule has 1 heterocycles. The number of aromatic nitrogens is 2. The Hall–Kier alpha value is -3.12. The molecule has 0 bridgehead atoms. The van der Waals surface area contributed by atoms with Crippen molar-refractivity contribution in [1.82, 2.24) is 15.3 Å². The highest BCUT2D eigenvalue weighted by Gasteiger charge is 2.14. The van der Waals surface area contributed by atoms with E-state index in [1.807, 2.05) is 37.3 Å². The molecule has 3 rings (SSSR count). The van der Waals surface area contributed by atoms with Crippen molar-refractivity contribution >= 4 is 29.0 Å². The minimum atomic E-state index is -0.248. The van der Waals surface area contributed by atoms with Crippen molar-refractivity contribution in [2.45, 2.75) is 13.3 Å². The minimum absolute atomic E-state index is 0.248. The van der Waals surface area contributed by atoms with Crippen LogP contribution in [0, 0.1) is 0 Å². The summed E-state index contributed by atoms with van der Waals surface area (Å²) in [5.74, 6) is 1.29. The van der Waals surface area contributed by atoms with Crippen LogP contribution >= 0.6 is 11.6 Å². The number of halogens is 1. The van der Waals surface area contributed by atoms with Gasteiger partial charge in [-0.2, -0.15) is 0 Å². The molecule has 0 aliphatic heterocycles. The van der Waals surface area contributed by atoms with Crippen molar-refractivity contribution < 1.29 is 9.53 Å². The Balaban J connectivity index is 2.02. The van der Waals surface area contributed by atoms with Crippen molar-refractivity contribution in [3.63, 3.8) is 0 Å². The van der Waals surface area contributed by atoms with Crippen molar-refractivity contribution in [3.8, 4) is 17.1 Å². The summed E-state index contributed by atoms with van der Waals surface area (Å²) >= 11 is 6.11. The molecule has 0 fully saturated rings. The van der Waals surface area contributed by atoms with Gasteiger partial charge in [-0.1, -0.05) is 48.9 Å². The number of nitrogens with zero attached hydrogens (tertiary/aromatic N) is 2. The lowest BCUT2D eigenvalue weighted by Gasteiger charge is -2.13. The van der Waals surface area contributed by atoms with Gasteiger partial charge in [0, 0.05) is 23.2 Å². The molecular formula is C21H21ClN4O2. The number of carbonyl (C=O) groups is 1. The molecular weight excluding hydrogens is 376 g/mol. The van der Waals surface area contributed by atoms with Gasteiger partial charge in [-0.05, 0) is 24.6 Å². The van der Waals surface area contributed by atoms with Gasteiger partial charge in [0.2, 0.25) is 0 Å². The summed E-state index contributed by atoms with van der Waals surface area (Å²) in [5.41, 5.74) is 1.74. The first kappa shape index (κ1) is 19.6. The van der Waals surface area contributed by atoms with E-state index in [-0.39, 0.29) is 11.6 Å². The van der Waals surface area contributed by atoms with Crippen LogP contribution in [0.5, 0.6) is 5.75 Å². The van der Waals surface area contributed by atoms with Crippen LogP contribution in [-0.4, -0.2) is 29.5 Å². The summed E-state index contributed by atoms with van der Waals surface area (Å²) < 4.78 is 5.37. The maximum Gasteiger partial charge on any atom is 0.270 e. The van der Waals surface area contributed by atoms with E-state index in [1.165, 1.54) is 0 Å². The fraction of sp³-hybridized carbons (Fsp3) is 0.190. The third kappa shape index (κ3) is 4.78. The van der Waals surface area contributed by atoms with E-state index in [1.54, 1.807) is 31.4 Å². The molecule has 0 saturated carbocycles. The molecule has 144 valence electrons.